The summed E-state index contributed by atoms with van der Waals surface area (Å²) in [4.78, 5) is 0. The van der Waals surface area contributed by atoms with Gasteiger partial charge in [0.25, 0.3) is 0 Å². The highest BCUT2D eigenvalue weighted by Crippen LogP contribution is 2.50. The number of thiophene rings is 1. The molecule has 0 aliphatic rings. The maximum Gasteiger partial charge on any atom is 0.143 e. The van der Waals surface area contributed by atoms with E-state index in [9.17, 15) is 0 Å². The number of para-hydroxylation sites is 10. The second-order valence-electron chi connectivity index (χ2n) is 26.6. The predicted octanol–water partition coefficient (Wildman–Crippen LogP) is 28.0. The van der Waals surface area contributed by atoms with Crippen LogP contribution in [0.3, 0.4) is 0 Å². The molecule has 6 heterocycles. The summed E-state index contributed by atoms with van der Waals surface area (Å²) in [6.07, 6.45) is 0. The summed E-state index contributed by atoms with van der Waals surface area (Å²) in [7, 11) is 0. The molecule has 6 heteroatoms. The summed E-state index contributed by atoms with van der Waals surface area (Å²) in [5, 5.41) is 14.9. The van der Waals surface area contributed by atoms with Crippen molar-refractivity contribution in [2.24, 2.45) is 0 Å². The van der Waals surface area contributed by atoms with Gasteiger partial charge in [-0.2, -0.15) is 0 Å². The zero-order valence-electron chi connectivity index (χ0n) is 55.2. The number of fused-ring (bicyclic) bond motifs is 20. The number of hydrogen-bond acceptors (Lipinski definition) is 2. The van der Waals surface area contributed by atoms with Crippen molar-refractivity contribution in [1.29, 1.82) is 0 Å². The first-order valence-electron chi connectivity index (χ1n) is 34.9. The van der Waals surface area contributed by atoms with E-state index in [-0.39, 0.29) is 14.9 Å². The normalized spacial score (nSPS) is 11.7. The Balaban J connectivity index is 0.000000140. The fourth-order valence-corrected chi connectivity index (χ4v) is 17.9. The van der Waals surface area contributed by atoms with Crippen LogP contribution in [-0.2, 0) is 0 Å². The molecule has 5 nitrogen and oxygen atoms in total. The smallest absolute Gasteiger partial charge is 0.143 e. The first-order valence-corrected chi connectivity index (χ1v) is 35.7. The van der Waals surface area contributed by atoms with E-state index >= 15 is 0 Å². The van der Waals surface area contributed by atoms with Gasteiger partial charge in [0.15, 0.2) is 0 Å². The average molecular weight is 1350 g/mol. The lowest BCUT2D eigenvalue weighted by molar-refractivity contribution is 0.670. The van der Waals surface area contributed by atoms with E-state index in [2.05, 4.69) is 370 Å². The summed E-state index contributed by atoms with van der Waals surface area (Å²) in [6, 6.07) is 132. The summed E-state index contributed by atoms with van der Waals surface area (Å²) >= 11 is 1.88. The lowest BCUT2D eigenvalue weighted by atomic mass is 9.95. The highest BCUT2D eigenvalue weighted by Gasteiger charge is 2.27. The SMILES string of the molecule is C.C.c1ccc(-n2c3ccccc3c3c2c(-c2ccc(-c4cccc5c4oc4ccccc45)cc2)cc2c4ccccc4n(-c4ccccc4)c23)cc1.c1ccc(-n2c3ccccc3c3c2c(-c2ccc(-c4cccc5c4sc4ccccc45)cc2)cc2c4ccccc4n(-c4ccccc4)c23)cc1. The first-order chi connectivity index (χ1) is 50.7. The lowest BCUT2D eigenvalue weighted by Gasteiger charge is -2.14. The molecular formula is C98H68N4OS. The van der Waals surface area contributed by atoms with Gasteiger partial charge >= 0.3 is 0 Å². The standard InChI is InChI=1S/C48H30N2O.C48H30N2S.2CH4/c2*1-3-14-33(15-4-1)49-42-23-10-7-18-36(42)41-30-40(46-45(47(41)49)39-20-8-11-24-43(39)50(46)34-16-5-2-6-17-34)32-28-26-31(27-29-32)35-21-13-22-38-37-19-9-12-25-44(37)51-48(35)38;;/h2*1-30H;2*1H4. The van der Waals surface area contributed by atoms with Crippen molar-refractivity contribution in [1.82, 2.24) is 18.3 Å². The molecule has 22 aromatic rings. The Kier molecular flexibility index (Phi) is 14.7. The molecule has 0 bridgehead atoms. The third-order valence-electron chi connectivity index (χ3n) is 21.0. The Morgan fingerprint density at radius 1 is 0.221 bits per heavy atom. The highest BCUT2D eigenvalue weighted by molar-refractivity contribution is 7.26. The molecule has 0 saturated carbocycles. The van der Waals surface area contributed by atoms with Gasteiger partial charge in [-0.05, 0) is 125 Å². The Hall–Kier alpha value is -13.3. The van der Waals surface area contributed by atoms with Gasteiger partial charge in [-0.3, -0.25) is 0 Å². The van der Waals surface area contributed by atoms with Crippen LogP contribution in [0.4, 0.5) is 0 Å². The highest BCUT2D eigenvalue weighted by atomic mass is 32.1. The third kappa shape index (κ3) is 9.46. The third-order valence-corrected chi connectivity index (χ3v) is 22.2. The van der Waals surface area contributed by atoms with Crippen molar-refractivity contribution < 1.29 is 4.42 Å². The molecule has 492 valence electrons. The van der Waals surface area contributed by atoms with E-state index in [1.54, 1.807) is 0 Å². The van der Waals surface area contributed by atoms with Crippen LogP contribution in [0.1, 0.15) is 14.9 Å². The molecule has 0 fully saturated rings. The van der Waals surface area contributed by atoms with Crippen LogP contribution < -0.4 is 0 Å². The van der Waals surface area contributed by atoms with Crippen molar-refractivity contribution in [2.75, 3.05) is 0 Å². The fraction of sp³-hybridized carbons (Fsp3) is 0.0204. The number of nitrogens with zero attached hydrogens (tertiary/aromatic N) is 4. The van der Waals surface area contributed by atoms with Gasteiger partial charge < -0.3 is 22.7 Å². The van der Waals surface area contributed by atoms with Crippen molar-refractivity contribution in [3.05, 3.63) is 364 Å². The molecular weight excluding hydrogens is 1280 g/mol. The molecule has 0 unspecified atom stereocenters. The summed E-state index contributed by atoms with van der Waals surface area (Å²) in [5.41, 5.74) is 25.6. The zero-order chi connectivity index (χ0) is 66.9. The van der Waals surface area contributed by atoms with Gasteiger partial charge in [-0.15, -0.1) is 11.3 Å². The first kappa shape index (κ1) is 61.8. The summed E-state index contributed by atoms with van der Waals surface area (Å²) in [6.45, 7) is 0. The largest absolute Gasteiger partial charge is 0.455 e. The van der Waals surface area contributed by atoms with Gasteiger partial charge in [0.1, 0.15) is 11.2 Å². The number of hydrogen-bond donors (Lipinski definition) is 0. The van der Waals surface area contributed by atoms with Crippen LogP contribution in [-0.4, -0.2) is 18.3 Å². The molecule has 104 heavy (non-hydrogen) atoms. The van der Waals surface area contributed by atoms with Crippen LogP contribution in [0.2, 0.25) is 0 Å². The molecule has 0 saturated heterocycles. The van der Waals surface area contributed by atoms with Crippen molar-refractivity contribution >= 4 is 141 Å². The Bertz CT molecular complexity index is 6650. The quantitative estimate of drug-likeness (QED) is 0.149. The van der Waals surface area contributed by atoms with Crippen LogP contribution in [0, 0.1) is 0 Å². The van der Waals surface area contributed by atoms with Crippen LogP contribution in [0.25, 0.3) is 197 Å². The fourth-order valence-electron chi connectivity index (χ4n) is 16.6. The molecule has 6 aromatic heterocycles. The molecule has 0 atom stereocenters. The van der Waals surface area contributed by atoms with Crippen LogP contribution in [0.15, 0.2) is 368 Å². The van der Waals surface area contributed by atoms with Gasteiger partial charge in [-0.1, -0.05) is 282 Å². The minimum absolute atomic E-state index is 0. The van der Waals surface area contributed by atoms with E-state index in [0.717, 1.165) is 55.8 Å². The molecule has 0 radical (unpaired) electrons. The average Bonchev–Trinajstić information content (AvgIpc) is 1.54. The second-order valence-corrected chi connectivity index (χ2v) is 27.6. The maximum atomic E-state index is 6.43. The van der Waals surface area contributed by atoms with Crippen molar-refractivity contribution in [2.45, 2.75) is 14.9 Å². The van der Waals surface area contributed by atoms with Crippen LogP contribution in [0.5, 0.6) is 0 Å². The van der Waals surface area contributed by atoms with E-state index in [0.29, 0.717) is 0 Å². The molecule has 0 N–H and O–H groups in total. The molecule has 22 rings (SSSR count). The van der Waals surface area contributed by atoms with E-state index in [1.807, 2.05) is 23.5 Å². The minimum atomic E-state index is 0. The Morgan fingerprint density at radius 3 is 1.01 bits per heavy atom. The molecule has 0 amide bonds. The topological polar surface area (TPSA) is 32.9 Å². The minimum Gasteiger partial charge on any atom is -0.455 e. The monoisotopic (exact) mass is 1350 g/mol. The molecule has 0 aliphatic heterocycles. The van der Waals surface area contributed by atoms with Crippen molar-refractivity contribution in [3.8, 4) is 67.3 Å². The van der Waals surface area contributed by atoms with Gasteiger partial charge in [0.05, 0.1) is 44.1 Å². The number of rotatable bonds is 8. The van der Waals surface area contributed by atoms with Gasteiger partial charge in [0, 0.05) is 113 Å². The van der Waals surface area contributed by atoms with Crippen LogP contribution >= 0.6 is 11.3 Å². The van der Waals surface area contributed by atoms with Gasteiger partial charge in [-0.25, -0.2) is 0 Å². The van der Waals surface area contributed by atoms with E-state index in [1.165, 1.54) is 141 Å². The number of aromatic nitrogens is 4. The molecule has 0 aliphatic carbocycles. The maximum absolute atomic E-state index is 6.43. The molecule has 16 aromatic carbocycles. The van der Waals surface area contributed by atoms with Crippen molar-refractivity contribution in [3.63, 3.8) is 0 Å². The predicted molar refractivity (Wildman–Crippen MR) is 446 cm³/mol. The lowest BCUT2D eigenvalue weighted by Crippen LogP contribution is -1.97. The Labute approximate surface area is 605 Å². The number of benzene rings is 16. The number of furan rings is 1. The zero-order valence-corrected chi connectivity index (χ0v) is 56.1. The Morgan fingerprint density at radius 2 is 0.548 bits per heavy atom. The van der Waals surface area contributed by atoms with Gasteiger partial charge in [0.2, 0.25) is 0 Å². The van der Waals surface area contributed by atoms with E-state index < -0.39 is 0 Å². The molecule has 0 spiro atoms. The van der Waals surface area contributed by atoms with E-state index in [4.69, 9.17) is 4.42 Å². The summed E-state index contributed by atoms with van der Waals surface area (Å²) in [5.74, 6) is 0. The summed E-state index contributed by atoms with van der Waals surface area (Å²) < 4.78 is 18.9. The second kappa shape index (κ2) is 24.8.